The fourth-order valence-corrected chi connectivity index (χ4v) is 5.61. The number of benzene rings is 5. The second-order valence-corrected chi connectivity index (χ2v) is 9.59. The molecule has 1 aromatic heterocycles. The summed E-state index contributed by atoms with van der Waals surface area (Å²) in [6.45, 7) is 0. The molecule has 1 heterocycles. The molecule has 5 aromatic carbocycles. The summed E-state index contributed by atoms with van der Waals surface area (Å²) < 4.78 is 43.7. The lowest BCUT2D eigenvalue weighted by molar-refractivity contribution is -0.137. The van der Waals surface area contributed by atoms with Crippen LogP contribution in [0.4, 0.5) is 19.0 Å². The molecule has 0 aliphatic carbocycles. The number of aromatic nitrogens is 2. The van der Waals surface area contributed by atoms with Crippen LogP contribution in [0.25, 0.3) is 22.0 Å². The lowest BCUT2D eigenvalue weighted by Crippen LogP contribution is -2.38. The van der Waals surface area contributed by atoms with Crippen LogP contribution in [0.1, 0.15) is 22.3 Å². The van der Waals surface area contributed by atoms with Crippen LogP contribution in [0.5, 0.6) is 0 Å². The first kappa shape index (κ1) is 25.4. The number of anilines is 1. The molecule has 1 N–H and O–H groups in total. The van der Waals surface area contributed by atoms with Crippen LogP contribution in [-0.4, -0.2) is 16.8 Å². The molecule has 3 nitrogen and oxygen atoms in total. The minimum atomic E-state index is -4.47. The molecule has 0 aliphatic rings. The zero-order valence-corrected chi connectivity index (χ0v) is 21.7. The van der Waals surface area contributed by atoms with Crippen LogP contribution in [0, 0.1) is 0 Å². The first-order valence-electron chi connectivity index (χ1n) is 13.0. The van der Waals surface area contributed by atoms with Crippen LogP contribution >= 0.6 is 0 Å². The zero-order valence-electron chi connectivity index (χ0n) is 21.7. The summed E-state index contributed by atoms with van der Waals surface area (Å²) in [6, 6.07) is 41.6. The van der Waals surface area contributed by atoms with E-state index < -0.39 is 17.3 Å². The van der Waals surface area contributed by atoms with Crippen molar-refractivity contribution in [3.8, 4) is 11.1 Å². The van der Waals surface area contributed by atoms with Crippen molar-refractivity contribution >= 4 is 16.7 Å². The number of alkyl halides is 3. The Hall–Kier alpha value is -4.84. The maximum absolute atomic E-state index is 13.9. The molecule has 6 heteroatoms. The monoisotopic (exact) mass is 533 g/mol. The molecular formula is C34H26F3N3. The smallest absolute Gasteiger partial charge is 0.371 e. The topological polar surface area (TPSA) is 29.9 Å². The van der Waals surface area contributed by atoms with E-state index in [9.17, 15) is 13.2 Å². The minimum absolute atomic E-state index is 0.132. The first-order chi connectivity index (χ1) is 19.4. The molecule has 0 saturated heterocycles. The zero-order chi connectivity index (χ0) is 27.7. The Kier molecular flexibility index (Phi) is 6.39. The van der Waals surface area contributed by atoms with Crippen molar-refractivity contribution in [2.75, 3.05) is 12.4 Å². The minimum Gasteiger partial charge on any atom is -0.371 e. The van der Waals surface area contributed by atoms with Crippen molar-refractivity contribution in [2.24, 2.45) is 0 Å². The normalized spacial score (nSPS) is 12.0. The molecule has 0 bridgehead atoms. The van der Waals surface area contributed by atoms with Crippen molar-refractivity contribution in [3.63, 3.8) is 0 Å². The summed E-state index contributed by atoms with van der Waals surface area (Å²) in [7, 11) is 1.78. The molecule has 0 amide bonds. The Morgan fingerprint density at radius 1 is 0.625 bits per heavy atom. The van der Waals surface area contributed by atoms with Gasteiger partial charge >= 0.3 is 6.18 Å². The number of nitrogens with zero attached hydrogens (tertiary/aromatic N) is 2. The van der Waals surface area contributed by atoms with E-state index in [-0.39, 0.29) is 5.56 Å². The van der Waals surface area contributed by atoms with Gasteiger partial charge in [-0.25, -0.2) is 4.68 Å². The molecule has 0 fully saturated rings. The molecule has 0 spiro atoms. The summed E-state index contributed by atoms with van der Waals surface area (Å²) >= 11 is 0. The van der Waals surface area contributed by atoms with E-state index in [4.69, 9.17) is 5.10 Å². The quantitative estimate of drug-likeness (QED) is 0.217. The third kappa shape index (κ3) is 4.13. The summed E-state index contributed by atoms with van der Waals surface area (Å²) in [5, 5.41) is 9.01. The van der Waals surface area contributed by atoms with E-state index in [0.29, 0.717) is 11.4 Å². The Bertz CT molecular complexity index is 1660. The highest BCUT2D eigenvalue weighted by Crippen LogP contribution is 2.44. The number of halogens is 3. The lowest BCUT2D eigenvalue weighted by Gasteiger charge is -2.37. The molecule has 0 aliphatic heterocycles. The third-order valence-electron chi connectivity index (χ3n) is 7.35. The van der Waals surface area contributed by atoms with Gasteiger partial charge in [0.2, 0.25) is 0 Å². The van der Waals surface area contributed by atoms with E-state index in [1.165, 1.54) is 12.1 Å². The second kappa shape index (κ2) is 10.0. The second-order valence-electron chi connectivity index (χ2n) is 9.59. The molecule has 0 radical (unpaired) electrons. The van der Waals surface area contributed by atoms with E-state index >= 15 is 0 Å². The lowest BCUT2D eigenvalue weighted by atomic mass is 9.77. The van der Waals surface area contributed by atoms with Gasteiger partial charge in [0, 0.05) is 12.4 Å². The Morgan fingerprint density at radius 2 is 1.12 bits per heavy atom. The number of fused-ring (bicyclic) bond motifs is 1. The van der Waals surface area contributed by atoms with Crippen LogP contribution in [0.15, 0.2) is 133 Å². The van der Waals surface area contributed by atoms with Gasteiger partial charge in [0.05, 0.1) is 11.1 Å². The average Bonchev–Trinajstić information content (AvgIpc) is 3.37. The maximum Gasteiger partial charge on any atom is 0.417 e. The predicted molar refractivity (Wildman–Crippen MR) is 154 cm³/mol. The molecule has 40 heavy (non-hydrogen) atoms. The largest absolute Gasteiger partial charge is 0.417 e. The standard InChI is InChI=1S/C34H26F3N3/c1-38-32-29-23-24(28-19-11-12-20-30(28)34(35,36)37)21-22-31(29)40(39-32)33(25-13-5-2-6-14-25,26-15-7-3-8-16-26)27-17-9-4-10-18-27/h2-23H,1H3,(H,38,39). The van der Waals surface area contributed by atoms with E-state index in [0.717, 1.165) is 33.7 Å². The van der Waals surface area contributed by atoms with E-state index in [1.807, 2.05) is 65.3 Å². The fraction of sp³-hybridized carbons (Fsp3) is 0.0882. The molecule has 198 valence electrons. The van der Waals surface area contributed by atoms with Gasteiger partial charge in [0.15, 0.2) is 5.82 Å². The van der Waals surface area contributed by atoms with E-state index in [2.05, 4.69) is 41.7 Å². The molecule has 6 aromatic rings. The molecule has 0 unspecified atom stereocenters. The van der Waals surface area contributed by atoms with Gasteiger partial charge in [-0.1, -0.05) is 115 Å². The molecule has 6 rings (SSSR count). The Morgan fingerprint density at radius 3 is 1.62 bits per heavy atom. The highest BCUT2D eigenvalue weighted by Gasteiger charge is 2.41. The van der Waals surface area contributed by atoms with Gasteiger partial charge in [-0.05, 0) is 46.0 Å². The van der Waals surface area contributed by atoms with Crippen LogP contribution in [-0.2, 0) is 11.7 Å². The van der Waals surface area contributed by atoms with Gasteiger partial charge in [0.25, 0.3) is 0 Å². The predicted octanol–water partition coefficient (Wildman–Crippen LogP) is 8.60. The van der Waals surface area contributed by atoms with Gasteiger partial charge in [-0.15, -0.1) is 0 Å². The third-order valence-corrected chi connectivity index (χ3v) is 7.35. The molecule has 0 saturated carbocycles. The van der Waals surface area contributed by atoms with Crippen LogP contribution in [0.2, 0.25) is 0 Å². The SMILES string of the molecule is CNc1nn(C(c2ccccc2)(c2ccccc2)c2ccccc2)c2ccc(-c3ccccc3C(F)(F)F)cc12. The van der Waals surface area contributed by atoms with Crippen molar-refractivity contribution < 1.29 is 13.2 Å². The number of hydrogen-bond donors (Lipinski definition) is 1. The van der Waals surface area contributed by atoms with Crippen molar-refractivity contribution in [3.05, 3.63) is 156 Å². The maximum atomic E-state index is 13.9. The number of rotatable bonds is 6. The first-order valence-corrected chi connectivity index (χ1v) is 13.0. The van der Waals surface area contributed by atoms with Gasteiger partial charge in [0.1, 0.15) is 5.54 Å². The van der Waals surface area contributed by atoms with E-state index in [1.54, 1.807) is 25.2 Å². The van der Waals surface area contributed by atoms with Crippen molar-refractivity contribution in [1.29, 1.82) is 0 Å². The average molecular weight is 534 g/mol. The van der Waals surface area contributed by atoms with Crippen LogP contribution in [0.3, 0.4) is 0 Å². The van der Waals surface area contributed by atoms with Gasteiger partial charge < -0.3 is 5.32 Å². The highest BCUT2D eigenvalue weighted by atomic mass is 19.4. The molecule has 0 atom stereocenters. The Balaban J connectivity index is 1.69. The van der Waals surface area contributed by atoms with Gasteiger partial charge in [-0.2, -0.15) is 18.3 Å². The Labute approximate surface area is 230 Å². The summed E-state index contributed by atoms with van der Waals surface area (Å²) in [5.41, 5.74) is 2.88. The fourth-order valence-electron chi connectivity index (χ4n) is 5.61. The summed E-state index contributed by atoms with van der Waals surface area (Å²) in [5.74, 6) is 0.577. The number of hydrogen-bond acceptors (Lipinski definition) is 2. The van der Waals surface area contributed by atoms with Gasteiger partial charge in [-0.3, -0.25) is 0 Å². The van der Waals surface area contributed by atoms with Crippen molar-refractivity contribution in [1.82, 2.24) is 9.78 Å². The van der Waals surface area contributed by atoms with Crippen molar-refractivity contribution in [2.45, 2.75) is 11.7 Å². The molecular weight excluding hydrogens is 507 g/mol. The number of nitrogens with one attached hydrogen (secondary N) is 1. The van der Waals surface area contributed by atoms with Crippen LogP contribution < -0.4 is 5.32 Å². The summed E-state index contributed by atoms with van der Waals surface area (Å²) in [6.07, 6.45) is -4.47. The summed E-state index contributed by atoms with van der Waals surface area (Å²) in [4.78, 5) is 0. The highest BCUT2D eigenvalue weighted by molar-refractivity contribution is 5.94.